The number of rotatable bonds is 5. The van der Waals surface area contributed by atoms with Crippen molar-refractivity contribution in [2.24, 2.45) is 5.73 Å². The second kappa shape index (κ2) is 5.97. The van der Waals surface area contributed by atoms with Gasteiger partial charge in [-0.05, 0) is 23.3 Å². The van der Waals surface area contributed by atoms with Gasteiger partial charge >= 0.3 is 0 Å². The Balaban J connectivity index is 2.01. The molecule has 0 radical (unpaired) electrons. The zero-order valence-corrected chi connectivity index (χ0v) is 10.3. The largest absolute Gasteiger partial charge is 0.489 e. The maximum absolute atomic E-state index is 10.7. The van der Waals surface area contributed by atoms with E-state index < -0.39 is 4.92 Å². The molecule has 5 nitrogen and oxygen atoms in total. The summed E-state index contributed by atoms with van der Waals surface area (Å²) in [4.78, 5) is 10.2. The van der Waals surface area contributed by atoms with Gasteiger partial charge in [0.25, 0.3) is 5.69 Å². The van der Waals surface area contributed by atoms with Crippen LogP contribution in [0.25, 0.3) is 0 Å². The maximum atomic E-state index is 10.7. The average Bonchev–Trinajstić information content (AvgIpc) is 2.46. The molecule has 0 heterocycles. The van der Waals surface area contributed by atoms with Gasteiger partial charge in [0.05, 0.1) is 4.92 Å². The number of benzene rings is 2. The van der Waals surface area contributed by atoms with E-state index >= 15 is 0 Å². The summed E-state index contributed by atoms with van der Waals surface area (Å²) < 4.78 is 5.56. The molecule has 98 valence electrons. The molecule has 19 heavy (non-hydrogen) atoms. The summed E-state index contributed by atoms with van der Waals surface area (Å²) in [7, 11) is 0. The van der Waals surface area contributed by atoms with Gasteiger partial charge in [0.15, 0.2) is 0 Å². The first-order valence-corrected chi connectivity index (χ1v) is 5.84. The Morgan fingerprint density at radius 2 is 1.84 bits per heavy atom. The third-order valence-electron chi connectivity index (χ3n) is 2.69. The minimum atomic E-state index is -0.417. The van der Waals surface area contributed by atoms with Crippen LogP contribution in [0.15, 0.2) is 48.5 Å². The zero-order valence-electron chi connectivity index (χ0n) is 10.3. The molecule has 2 rings (SSSR count). The summed E-state index contributed by atoms with van der Waals surface area (Å²) in [5.41, 5.74) is 7.37. The molecule has 0 aliphatic rings. The molecule has 0 fully saturated rings. The van der Waals surface area contributed by atoms with E-state index in [1.165, 1.54) is 12.1 Å². The van der Waals surface area contributed by atoms with Crippen molar-refractivity contribution in [3.05, 3.63) is 69.8 Å². The quantitative estimate of drug-likeness (QED) is 0.660. The van der Waals surface area contributed by atoms with Crippen molar-refractivity contribution in [2.45, 2.75) is 13.2 Å². The second-order valence-corrected chi connectivity index (χ2v) is 4.06. The van der Waals surface area contributed by atoms with Gasteiger partial charge in [-0.25, -0.2) is 0 Å². The molecule has 0 aromatic heterocycles. The first-order chi connectivity index (χ1) is 9.19. The molecular weight excluding hydrogens is 244 g/mol. The second-order valence-electron chi connectivity index (χ2n) is 4.06. The van der Waals surface area contributed by atoms with E-state index in [9.17, 15) is 10.1 Å². The highest BCUT2D eigenvalue weighted by molar-refractivity contribution is 5.34. The standard InChI is InChI=1S/C14H14N2O3/c15-9-11-4-6-14(7-5-11)19-10-12-2-1-3-13(8-12)16(17)18/h1-8H,9-10,15H2. The third kappa shape index (κ3) is 3.53. The van der Waals surface area contributed by atoms with E-state index in [4.69, 9.17) is 10.5 Å². The number of nitro benzene ring substituents is 1. The van der Waals surface area contributed by atoms with Crippen molar-refractivity contribution in [3.63, 3.8) is 0 Å². The molecule has 0 spiro atoms. The molecule has 0 unspecified atom stereocenters. The molecule has 2 aromatic rings. The molecule has 5 heteroatoms. The Morgan fingerprint density at radius 3 is 2.47 bits per heavy atom. The number of nitrogens with two attached hydrogens (primary N) is 1. The summed E-state index contributed by atoms with van der Waals surface area (Å²) in [6.07, 6.45) is 0. The van der Waals surface area contributed by atoms with Gasteiger partial charge in [-0.3, -0.25) is 10.1 Å². The lowest BCUT2D eigenvalue weighted by molar-refractivity contribution is -0.384. The number of nitro groups is 1. The van der Waals surface area contributed by atoms with Crippen molar-refractivity contribution >= 4 is 5.69 Å². The van der Waals surface area contributed by atoms with Crippen LogP contribution in [0.3, 0.4) is 0 Å². The Bertz CT molecular complexity index is 567. The van der Waals surface area contributed by atoms with E-state index in [2.05, 4.69) is 0 Å². The van der Waals surface area contributed by atoms with Crippen molar-refractivity contribution in [2.75, 3.05) is 0 Å². The van der Waals surface area contributed by atoms with Gasteiger partial charge in [-0.15, -0.1) is 0 Å². The molecule has 2 aromatic carbocycles. The van der Waals surface area contributed by atoms with Crippen LogP contribution in [0.5, 0.6) is 5.75 Å². The highest BCUT2D eigenvalue weighted by Gasteiger charge is 2.05. The fraction of sp³-hybridized carbons (Fsp3) is 0.143. The van der Waals surface area contributed by atoms with Crippen LogP contribution in [-0.4, -0.2) is 4.92 Å². The highest BCUT2D eigenvalue weighted by Crippen LogP contribution is 2.17. The van der Waals surface area contributed by atoms with Gasteiger partial charge in [0.2, 0.25) is 0 Å². The fourth-order valence-corrected chi connectivity index (χ4v) is 1.65. The van der Waals surface area contributed by atoms with Crippen LogP contribution in [0, 0.1) is 10.1 Å². The van der Waals surface area contributed by atoms with Crippen molar-refractivity contribution in [1.82, 2.24) is 0 Å². The monoisotopic (exact) mass is 258 g/mol. The topological polar surface area (TPSA) is 78.4 Å². The third-order valence-corrected chi connectivity index (χ3v) is 2.69. The molecular formula is C14H14N2O3. The van der Waals surface area contributed by atoms with Crippen molar-refractivity contribution in [3.8, 4) is 5.75 Å². The Labute approximate surface area is 110 Å². The van der Waals surface area contributed by atoms with E-state index in [0.717, 1.165) is 11.1 Å². The van der Waals surface area contributed by atoms with Gasteiger partial charge in [-0.2, -0.15) is 0 Å². The van der Waals surface area contributed by atoms with Crippen LogP contribution in [-0.2, 0) is 13.2 Å². The van der Waals surface area contributed by atoms with Gasteiger partial charge in [0, 0.05) is 18.7 Å². The normalized spacial score (nSPS) is 10.2. The minimum absolute atomic E-state index is 0.0691. The lowest BCUT2D eigenvalue weighted by Crippen LogP contribution is -1.98. The van der Waals surface area contributed by atoms with E-state index in [1.807, 2.05) is 24.3 Å². The summed E-state index contributed by atoms with van der Waals surface area (Å²) in [5, 5.41) is 10.7. The smallest absolute Gasteiger partial charge is 0.269 e. The lowest BCUT2D eigenvalue weighted by atomic mass is 10.2. The van der Waals surface area contributed by atoms with Crippen molar-refractivity contribution in [1.29, 1.82) is 0 Å². The van der Waals surface area contributed by atoms with Crippen LogP contribution in [0.4, 0.5) is 5.69 Å². The van der Waals surface area contributed by atoms with Gasteiger partial charge in [-0.1, -0.05) is 24.3 Å². The molecule has 0 saturated heterocycles. The van der Waals surface area contributed by atoms with Crippen LogP contribution in [0.1, 0.15) is 11.1 Å². The van der Waals surface area contributed by atoms with Crippen LogP contribution >= 0.6 is 0 Å². The number of ether oxygens (including phenoxy) is 1. The van der Waals surface area contributed by atoms with Crippen LogP contribution < -0.4 is 10.5 Å². The Hall–Kier alpha value is -2.40. The molecule has 2 N–H and O–H groups in total. The first kappa shape index (κ1) is 13.0. The van der Waals surface area contributed by atoms with Gasteiger partial charge < -0.3 is 10.5 Å². The summed E-state index contributed by atoms with van der Waals surface area (Å²) in [6.45, 7) is 0.787. The lowest BCUT2D eigenvalue weighted by Gasteiger charge is -2.06. The molecule has 0 aliphatic carbocycles. The SMILES string of the molecule is NCc1ccc(OCc2cccc([N+](=O)[O-])c2)cc1. The summed E-state index contributed by atoms with van der Waals surface area (Å²) in [6, 6.07) is 13.9. The highest BCUT2D eigenvalue weighted by atomic mass is 16.6. The van der Waals surface area contributed by atoms with E-state index in [-0.39, 0.29) is 5.69 Å². The predicted octanol–water partition coefficient (Wildman–Crippen LogP) is 2.63. The van der Waals surface area contributed by atoms with Crippen molar-refractivity contribution < 1.29 is 9.66 Å². The maximum Gasteiger partial charge on any atom is 0.269 e. The van der Waals surface area contributed by atoms with Crippen LogP contribution in [0.2, 0.25) is 0 Å². The zero-order chi connectivity index (χ0) is 13.7. The molecule has 0 aliphatic heterocycles. The van der Waals surface area contributed by atoms with E-state index in [1.54, 1.807) is 12.1 Å². The minimum Gasteiger partial charge on any atom is -0.489 e. The molecule has 0 amide bonds. The van der Waals surface area contributed by atoms with E-state index in [0.29, 0.717) is 18.9 Å². The fourth-order valence-electron chi connectivity index (χ4n) is 1.65. The Kier molecular flexibility index (Phi) is 4.10. The predicted molar refractivity (Wildman–Crippen MR) is 71.8 cm³/mol. The first-order valence-electron chi connectivity index (χ1n) is 5.84. The Morgan fingerprint density at radius 1 is 1.11 bits per heavy atom. The average molecular weight is 258 g/mol. The molecule has 0 saturated carbocycles. The number of non-ortho nitro benzene ring substituents is 1. The molecule has 0 bridgehead atoms. The summed E-state index contributed by atoms with van der Waals surface area (Å²) in [5.74, 6) is 0.712. The van der Waals surface area contributed by atoms with Gasteiger partial charge in [0.1, 0.15) is 12.4 Å². The number of hydrogen-bond acceptors (Lipinski definition) is 4. The number of hydrogen-bond donors (Lipinski definition) is 1. The summed E-state index contributed by atoms with van der Waals surface area (Å²) >= 11 is 0. The molecule has 0 atom stereocenters. The number of nitrogens with zero attached hydrogens (tertiary/aromatic N) is 1.